The van der Waals surface area contributed by atoms with Crippen LogP contribution in [-0.4, -0.2) is 54.0 Å². The zero-order valence-electron chi connectivity index (χ0n) is 23.7. The van der Waals surface area contributed by atoms with Crippen LogP contribution < -0.4 is 9.47 Å². The lowest BCUT2D eigenvalue weighted by molar-refractivity contribution is -0.185. The van der Waals surface area contributed by atoms with Crippen LogP contribution in [0.2, 0.25) is 0 Å². The molecular formula is C29H23F9N4O3S. The smallest absolute Gasteiger partial charge is 0.416 e. The maximum atomic E-state index is 15.5. The number of hydrogen-bond donors (Lipinski definition) is 0. The van der Waals surface area contributed by atoms with E-state index in [0.717, 1.165) is 30.6 Å². The number of ether oxygens (including phenoxy) is 2. The Kier molecular flexibility index (Phi) is 9.45. The van der Waals surface area contributed by atoms with Crippen molar-refractivity contribution in [3.63, 3.8) is 0 Å². The molecule has 0 bridgehead atoms. The largest absolute Gasteiger partial charge is 0.493 e. The van der Waals surface area contributed by atoms with E-state index in [1.807, 2.05) is 0 Å². The van der Waals surface area contributed by atoms with Crippen molar-refractivity contribution in [2.45, 2.75) is 44.8 Å². The Morgan fingerprint density at radius 2 is 1.63 bits per heavy atom. The first-order chi connectivity index (χ1) is 21.7. The first-order valence-electron chi connectivity index (χ1n) is 13.6. The molecule has 246 valence electrons. The Balaban J connectivity index is 1.44. The summed E-state index contributed by atoms with van der Waals surface area (Å²) in [5, 5.41) is 7.35. The highest BCUT2D eigenvalue weighted by Crippen LogP contribution is 2.40. The zero-order chi connectivity index (χ0) is 33.4. The van der Waals surface area contributed by atoms with Crippen LogP contribution in [-0.2, 0) is 24.1 Å². The maximum absolute atomic E-state index is 15.5. The standard InChI is InChI=1S/C29H23F9N4O3S/c1-44-25-21(18-10-17(12-43)40-41-18)22(30)23(31)26(24(25)32)45-13-20-19(11-42-8-6-16(7-9-42)29(36,37)38)39-27(46-20)14-2-4-15(5-3-14)28(33,34)35/h2-5,12,16H,6-11,13H2,1H3. The Morgan fingerprint density at radius 3 is 2.20 bits per heavy atom. The molecule has 0 saturated carbocycles. The highest BCUT2D eigenvalue weighted by molar-refractivity contribution is 7.15. The molecule has 7 nitrogen and oxygen atoms in total. The Hall–Kier alpha value is -3.99. The second-order valence-electron chi connectivity index (χ2n) is 10.5. The Bertz CT molecular complexity index is 1680. The van der Waals surface area contributed by atoms with Crippen molar-refractivity contribution in [1.29, 1.82) is 0 Å². The lowest BCUT2D eigenvalue weighted by atomic mass is 9.96. The molecule has 1 aromatic heterocycles. The predicted octanol–water partition coefficient (Wildman–Crippen LogP) is 7.36. The van der Waals surface area contributed by atoms with E-state index in [1.165, 1.54) is 12.1 Å². The zero-order valence-corrected chi connectivity index (χ0v) is 24.6. The van der Waals surface area contributed by atoms with Crippen molar-refractivity contribution in [2.24, 2.45) is 16.1 Å². The number of piperidine rings is 1. The minimum absolute atomic E-state index is 0.0148. The molecule has 5 rings (SSSR count). The average molecular weight is 679 g/mol. The van der Waals surface area contributed by atoms with Crippen molar-refractivity contribution >= 4 is 29.0 Å². The molecule has 2 aliphatic rings. The minimum atomic E-state index is -4.58. The molecule has 2 aliphatic heterocycles. The fourth-order valence-electron chi connectivity index (χ4n) is 5.08. The van der Waals surface area contributed by atoms with E-state index < -0.39 is 65.0 Å². The number of nitrogens with zero attached hydrogens (tertiary/aromatic N) is 4. The van der Waals surface area contributed by atoms with E-state index in [4.69, 9.17) is 9.47 Å². The number of hydrogen-bond acceptors (Lipinski definition) is 8. The van der Waals surface area contributed by atoms with E-state index in [1.54, 1.807) is 4.90 Å². The summed E-state index contributed by atoms with van der Waals surface area (Å²) in [4.78, 5) is 17.4. The fourth-order valence-corrected chi connectivity index (χ4v) is 6.07. The molecule has 3 aromatic rings. The molecule has 0 atom stereocenters. The lowest BCUT2D eigenvalue weighted by Gasteiger charge is -2.32. The third-order valence-corrected chi connectivity index (χ3v) is 8.64. The van der Waals surface area contributed by atoms with Crippen LogP contribution in [0.25, 0.3) is 10.6 Å². The number of halogens is 9. The third kappa shape index (κ3) is 6.89. The molecule has 0 unspecified atom stereocenters. The summed E-state index contributed by atoms with van der Waals surface area (Å²) in [5.41, 5.74) is -1.38. The fraction of sp³-hybridized carbons (Fsp3) is 0.379. The second-order valence-corrected chi connectivity index (χ2v) is 11.5. The van der Waals surface area contributed by atoms with Gasteiger partial charge in [0, 0.05) is 18.5 Å². The number of alkyl halides is 6. The summed E-state index contributed by atoms with van der Waals surface area (Å²) in [6.45, 7) is -0.420. The number of likely N-dealkylation sites (tertiary alicyclic amines) is 1. The number of benzene rings is 2. The van der Waals surface area contributed by atoms with Crippen LogP contribution >= 0.6 is 11.3 Å². The molecule has 3 heterocycles. The molecule has 46 heavy (non-hydrogen) atoms. The molecule has 1 fully saturated rings. The summed E-state index contributed by atoms with van der Waals surface area (Å²) < 4.78 is 135. The van der Waals surface area contributed by atoms with Crippen LogP contribution in [0.3, 0.4) is 0 Å². The molecule has 1 saturated heterocycles. The normalized spacial score (nSPS) is 16.4. The molecule has 0 amide bonds. The summed E-state index contributed by atoms with van der Waals surface area (Å²) in [6.07, 6.45) is -9.17. The quantitative estimate of drug-likeness (QED) is 0.134. The monoisotopic (exact) mass is 678 g/mol. The molecular weight excluding hydrogens is 655 g/mol. The van der Waals surface area contributed by atoms with Crippen LogP contribution in [0.15, 0.2) is 34.5 Å². The van der Waals surface area contributed by atoms with E-state index >= 15 is 13.2 Å². The van der Waals surface area contributed by atoms with Gasteiger partial charge < -0.3 is 9.47 Å². The van der Waals surface area contributed by atoms with E-state index in [2.05, 4.69) is 15.2 Å². The van der Waals surface area contributed by atoms with Gasteiger partial charge in [0.05, 0.1) is 40.4 Å². The van der Waals surface area contributed by atoms with Gasteiger partial charge >= 0.3 is 12.4 Å². The van der Waals surface area contributed by atoms with Gasteiger partial charge in [-0.05, 0) is 38.1 Å². The van der Waals surface area contributed by atoms with E-state index in [-0.39, 0.29) is 71.5 Å². The third-order valence-electron chi connectivity index (χ3n) is 7.52. The maximum Gasteiger partial charge on any atom is 0.416 e. The Labute approximate surface area is 259 Å². The van der Waals surface area contributed by atoms with Crippen LogP contribution in [0.1, 0.15) is 41.0 Å². The van der Waals surface area contributed by atoms with Gasteiger partial charge in [-0.2, -0.15) is 45.3 Å². The van der Waals surface area contributed by atoms with Crippen LogP contribution in [0, 0.1) is 23.4 Å². The van der Waals surface area contributed by atoms with Gasteiger partial charge in [0.25, 0.3) is 0 Å². The number of carbonyl (C=O) groups excluding carboxylic acids is 1. The summed E-state index contributed by atoms with van der Waals surface area (Å²) in [5.74, 6) is -8.07. The summed E-state index contributed by atoms with van der Waals surface area (Å²) in [6, 6.07) is 4.09. The van der Waals surface area contributed by atoms with Gasteiger partial charge in [0.15, 0.2) is 23.6 Å². The SMILES string of the molecule is COc1c(F)c(OCc2sc(-c3ccc(C(F)(F)F)cc3)nc2CN2CCC(C(F)(F)F)CC2)c(F)c(F)c1C1=NN=C(C=O)C1. The highest BCUT2D eigenvalue weighted by atomic mass is 32.1. The minimum Gasteiger partial charge on any atom is -0.493 e. The summed E-state index contributed by atoms with van der Waals surface area (Å²) in [7, 11) is 1.000. The number of aldehydes is 1. The van der Waals surface area contributed by atoms with Crippen molar-refractivity contribution < 1.29 is 53.8 Å². The molecule has 17 heteroatoms. The van der Waals surface area contributed by atoms with Crippen molar-refractivity contribution in [2.75, 3.05) is 20.2 Å². The van der Waals surface area contributed by atoms with Gasteiger partial charge in [-0.15, -0.1) is 11.3 Å². The molecule has 0 spiro atoms. The number of thiazole rings is 1. The average Bonchev–Trinajstić information content (AvgIpc) is 3.65. The van der Waals surface area contributed by atoms with Crippen LogP contribution in [0.4, 0.5) is 39.5 Å². The van der Waals surface area contributed by atoms with Gasteiger partial charge in [0.2, 0.25) is 11.6 Å². The molecule has 0 radical (unpaired) electrons. The van der Waals surface area contributed by atoms with Gasteiger partial charge in [-0.3, -0.25) is 9.69 Å². The number of aromatic nitrogens is 1. The first-order valence-corrected chi connectivity index (χ1v) is 14.4. The first kappa shape index (κ1) is 33.4. The molecule has 2 aromatic carbocycles. The van der Waals surface area contributed by atoms with E-state index in [9.17, 15) is 31.1 Å². The van der Waals surface area contributed by atoms with Crippen molar-refractivity contribution in [3.05, 3.63) is 63.4 Å². The van der Waals surface area contributed by atoms with Gasteiger partial charge in [-0.1, -0.05) is 12.1 Å². The van der Waals surface area contributed by atoms with Gasteiger partial charge in [-0.25, -0.2) is 9.37 Å². The molecule has 0 N–H and O–H groups in total. The topological polar surface area (TPSA) is 76.4 Å². The number of methoxy groups -OCH3 is 1. The predicted molar refractivity (Wildman–Crippen MR) is 148 cm³/mol. The number of carbonyl (C=O) groups is 1. The van der Waals surface area contributed by atoms with Crippen LogP contribution in [0.5, 0.6) is 11.5 Å². The number of rotatable bonds is 9. The molecule has 0 aliphatic carbocycles. The van der Waals surface area contributed by atoms with Crippen molar-refractivity contribution in [1.82, 2.24) is 9.88 Å². The summed E-state index contributed by atoms with van der Waals surface area (Å²) >= 11 is 0.929. The lowest BCUT2D eigenvalue weighted by Crippen LogP contribution is -2.38. The van der Waals surface area contributed by atoms with Gasteiger partial charge in [0.1, 0.15) is 17.3 Å². The highest BCUT2D eigenvalue weighted by Gasteiger charge is 2.41. The Morgan fingerprint density at radius 1 is 0.957 bits per heavy atom. The van der Waals surface area contributed by atoms with E-state index in [0.29, 0.717) is 6.29 Å². The van der Waals surface area contributed by atoms with Crippen molar-refractivity contribution in [3.8, 4) is 22.1 Å². The second kappa shape index (κ2) is 13.0.